The predicted molar refractivity (Wildman–Crippen MR) is 101 cm³/mol. The first kappa shape index (κ1) is 19.5. The molecule has 2 aromatic rings. The fourth-order valence-corrected chi connectivity index (χ4v) is 2.61. The molecule has 0 radical (unpaired) electrons. The molecule has 0 aliphatic rings. The molecule has 0 fully saturated rings. The maximum atomic E-state index is 12.9. The first-order valence-corrected chi connectivity index (χ1v) is 8.77. The van der Waals surface area contributed by atoms with Crippen LogP contribution in [0.3, 0.4) is 0 Å². The summed E-state index contributed by atoms with van der Waals surface area (Å²) in [5.74, 6) is 0.435. The smallest absolute Gasteiger partial charge is 0.287 e. The van der Waals surface area contributed by atoms with Crippen molar-refractivity contribution in [2.45, 2.75) is 19.9 Å². The van der Waals surface area contributed by atoms with E-state index in [-0.39, 0.29) is 11.8 Å². The highest BCUT2D eigenvalue weighted by molar-refractivity contribution is 5.95. The van der Waals surface area contributed by atoms with Gasteiger partial charge in [0.2, 0.25) is 5.91 Å². The number of quaternary nitrogens is 1. The standard InChI is InChI=1S/C20H25N3O3/c1-3-26-18-12-8-7-11-17(18)23-20(25)19(16-9-5-4-6-10-16)22-14-13-21-15(2)24/h4-12,19,22H,3,13-14H2,1-2H3,(H,21,24)(H,23,25)/p+1/t19-/m1/s1. The lowest BCUT2D eigenvalue weighted by Gasteiger charge is -2.17. The van der Waals surface area contributed by atoms with Crippen LogP contribution in [0.1, 0.15) is 25.5 Å². The lowest BCUT2D eigenvalue weighted by Crippen LogP contribution is -2.88. The number of carbonyl (C=O) groups is 2. The van der Waals surface area contributed by atoms with Crippen molar-refractivity contribution < 1.29 is 19.6 Å². The summed E-state index contributed by atoms with van der Waals surface area (Å²) < 4.78 is 5.58. The number of amides is 2. The maximum absolute atomic E-state index is 12.9. The van der Waals surface area contributed by atoms with Crippen molar-refractivity contribution >= 4 is 17.5 Å². The second kappa shape index (κ2) is 10.2. The van der Waals surface area contributed by atoms with E-state index in [0.717, 1.165) is 5.56 Å². The van der Waals surface area contributed by atoms with Crippen LogP contribution in [0.15, 0.2) is 54.6 Å². The summed E-state index contributed by atoms with van der Waals surface area (Å²) in [4.78, 5) is 23.9. The number of para-hydroxylation sites is 2. The van der Waals surface area contributed by atoms with E-state index in [1.165, 1.54) is 6.92 Å². The van der Waals surface area contributed by atoms with E-state index in [4.69, 9.17) is 4.74 Å². The number of anilines is 1. The third-order valence-corrected chi connectivity index (χ3v) is 3.81. The van der Waals surface area contributed by atoms with Crippen LogP contribution in [0.5, 0.6) is 5.75 Å². The van der Waals surface area contributed by atoms with Crippen LogP contribution in [-0.2, 0) is 9.59 Å². The van der Waals surface area contributed by atoms with Gasteiger partial charge in [-0.2, -0.15) is 0 Å². The van der Waals surface area contributed by atoms with Gasteiger partial charge in [-0.3, -0.25) is 9.59 Å². The topological polar surface area (TPSA) is 84.0 Å². The number of nitrogens with two attached hydrogens (primary N) is 1. The van der Waals surface area contributed by atoms with Crippen molar-refractivity contribution in [2.75, 3.05) is 25.0 Å². The fourth-order valence-electron chi connectivity index (χ4n) is 2.61. The zero-order valence-corrected chi connectivity index (χ0v) is 15.2. The molecule has 0 saturated carbocycles. The first-order valence-electron chi connectivity index (χ1n) is 8.77. The Morgan fingerprint density at radius 3 is 2.46 bits per heavy atom. The van der Waals surface area contributed by atoms with Crippen LogP contribution < -0.4 is 20.7 Å². The largest absolute Gasteiger partial charge is 0.492 e. The van der Waals surface area contributed by atoms with Gasteiger partial charge < -0.3 is 20.7 Å². The predicted octanol–water partition coefficient (Wildman–Crippen LogP) is 1.46. The molecule has 2 amide bonds. The van der Waals surface area contributed by atoms with Gasteiger partial charge in [0.25, 0.3) is 5.91 Å². The van der Waals surface area contributed by atoms with Crippen LogP contribution in [0, 0.1) is 0 Å². The van der Waals surface area contributed by atoms with Crippen molar-refractivity contribution in [1.29, 1.82) is 0 Å². The minimum Gasteiger partial charge on any atom is -0.492 e. The number of nitrogens with one attached hydrogen (secondary N) is 2. The number of benzene rings is 2. The van der Waals surface area contributed by atoms with Crippen molar-refractivity contribution in [3.05, 3.63) is 60.2 Å². The zero-order valence-electron chi connectivity index (χ0n) is 15.2. The van der Waals surface area contributed by atoms with Gasteiger partial charge in [0, 0.05) is 12.5 Å². The highest BCUT2D eigenvalue weighted by Crippen LogP contribution is 2.24. The Labute approximate surface area is 153 Å². The molecule has 0 unspecified atom stereocenters. The molecule has 0 saturated heterocycles. The Bertz CT molecular complexity index is 719. The molecule has 0 aliphatic heterocycles. The summed E-state index contributed by atoms with van der Waals surface area (Å²) >= 11 is 0. The van der Waals surface area contributed by atoms with Gasteiger partial charge in [0.1, 0.15) is 5.75 Å². The van der Waals surface area contributed by atoms with Crippen LogP contribution in [0.25, 0.3) is 0 Å². The quantitative estimate of drug-likeness (QED) is 0.595. The van der Waals surface area contributed by atoms with E-state index in [9.17, 15) is 9.59 Å². The molecule has 0 bridgehead atoms. The molecular weight excluding hydrogens is 330 g/mol. The maximum Gasteiger partial charge on any atom is 0.287 e. The van der Waals surface area contributed by atoms with E-state index in [0.29, 0.717) is 31.1 Å². The van der Waals surface area contributed by atoms with Gasteiger partial charge in [-0.1, -0.05) is 42.5 Å². The number of hydrogen-bond acceptors (Lipinski definition) is 3. The Hall–Kier alpha value is -2.86. The Kier molecular flexibility index (Phi) is 7.64. The molecule has 26 heavy (non-hydrogen) atoms. The lowest BCUT2D eigenvalue weighted by atomic mass is 10.1. The highest BCUT2D eigenvalue weighted by Gasteiger charge is 2.24. The molecule has 138 valence electrons. The minimum absolute atomic E-state index is 0.0789. The average Bonchev–Trinajstić information content (AvgIpc) is 2.64. The number of hydrogen-bond donors (Lipinski definition) is 3. The summed E-state index contributed by atoms with van der Waals surface area (Å²) in [5, 5.41) is 7.63. The fraction of sp³-hybridized carbons (Fsp3) is 0.300. The summed E-state index contributed by atoms with van der Waals surface area (Å²) in [5.41, 5.74) is 1.55. The van der Waals surface area contributed by atoms with Crippen LogP contribution in [0.2, 0.25) is 0 Å². The van der Waals surface area contributed by atoms with Gasteiger partial charge in [-0.05, 0) is 19.1 Å². The highest BCUT2D eigenvalue weighted by atomic mass is 16.5. The van der Waals surface area contributed by atoms with Crippen LogP contribution in [-0.4, -0.2) is 31.5 Å². The lowest BCUT2D eigenvalue weighted by molar-refractivity contribution is -0.680. The summed E-state index contributed by atoms with van der Waals surface area (Å²) in [6.45, 7) is 5.01. The molecule has 4 N–H and O–H groups in total. The number of ether oxygens (including phenoxy) is 1. The number of rotatable bonds is 9. The third-order valence-electron chi connectivity index (χ3n) is 3.81. The minimum atomic E-state index is -0.417. The van der Waals surface area contributed by atoms with E-state index < -0.39 is 6.04 Å². The molecule has 0 heterocycles. The summed E-state index contributed by atoms with van der Waals surface area (Å²) in [7, 11) is 0. The van der Waals surface area contributed by atoms with Crippen LogP contribution in [0.4, 0.5) is 5.69 Å². The van der Waals surface area contributed by atoms with Crippen molar-refractivity contribution in [3.63, 3.8) is 0 Å². The molecular formula is C20H26N3O3+. The van der Waals surface area contributed by atoms with Crippen molar-refractivity contribution in [1.82, 2.24) is 5.32 Å². The van der Waals surface area contributed by atoms with Gasteiger partial charge in [-0.15, -0.1) is 0 Å². The monoisotopic (exact) mass is 356 g/mol. The Balaban J connectivity index is 2.11. The summed E-state index contributed by atoms with van der Waals surface area (Å²) in [6.07, 6.45) is 0. The molecule has 2 rings (SSSR count). The second-order valence-electron chi connectivity index (χ2n) is 5.81. The second-order valence-corrected chi connectivity index (χ2v) is 5.81. The van der Waals surface area contributed by atoms with E-state index >= 15 is 0 Å². The molecule has 6 nitrogen and oxygen atoms in total. The summed E-state index contributed by atoms with van der Waals surface area (Å²) in [6, 6.07) is 16.5. The van der Waals surface area contributed by atoms with Gasteiger partial charge in [0.05, 0.1) is 25.4 Å². The van der Waals surface area contributed by atoms with Crippen LogP contribution >= 0.6 is 0 Å². The molecule has 6 heteroatoms. The van der Waals surface area contributed by atoms with E-state index in [2.05, 4.69) is 10.6 Å². The molecule has 0 aliphatic carbocycles. The van der Waals surface area contributed by atoms with Crippen molar-refractivity contribution in [3.8, 4) is 5.75 Å². The Morgan fingerprint density at radius 1 is 1.08 bits per heavy atom. The Morgan fingerprint density at radius 2 is 1.77 bits per heavy atom. The molecule has 0 aromatic heterocycles. The third kappa shape index (κ3) is 5.89. The van der Waals surface area contributed by atoms with Gasteiger partial charge in [-0.25, -0.2) is 0 Å². The van der Waals surface area contributed by atoms with Gasteiger partial charge in [0.15, 0.2) is 6.04 Å². The normalized spacial score (nSPS) is 11.5. The molecule has 1 atom stereocenters. The van der Waals surface area contributed by atoms with Gasteiger partial charge >= 0.3 is 0 Å². The molecule has 2 aromatic carbocycles. The zero-order chi connectivity index (χ0) is 18.8. The SMILES string of the molecule is CCOc1ccccc1NC(=O)[C@H]([NH2+]CCNC(C)=O)c1ccccc1. The van der Waals surface area contributed by atoms with E-state index in [1.807, 2.05) is 66.8 Å². The first-order chi connectivity index (χ1) is 12.6. The average molecular weight is 356 g/mol. The molecule has 0 spiro atoms. The van der Waals surface area contributed by atoms with E-state index in [1.54, 1.807) is 0 Å². The number of carbonyl (C=O) groups excluding carboxylic acids is 2. The van der Waals surface area contributed by atoms with Crippen molar-refractivity contribution in [2.24, 2.45) is 0 Å².